The van der Waals surface area contributed by atoms with Crippen LogP contribution in [0.4, 0.5) is 13.2 Å². The molecule has 0 heterocycles. The molecule has 0 amide bonds. The van der Waals surface area contributed by atoms with Crippen LogP contribution >= 0.6 is 11.6 Å². The molecule has 0 radical (unpaired) electrons. The number of ether oxygens (including phenoxy) is 1. The van der Waals surface area contributed by atoms with E-state index in [1.807, 2.05) is 0 Å². The van der Waals surface area contributed by atoms with Crippen LogP contribution in [-0.4, -0.2) is 6.36 Å². The van der Waals surface area contributed by atoms with Gasteiger partial charge in [0.15, 0.2) is 0 Å². The van der Waals surface area contributed by atoms with Gasteiger partial charge in [-0.3, -0.25) is 0 Å². The van der Waals surface area contributed by atoms with Gasteiger partial charge in [0.05, 0.1) is 0 Å². The molecule has 5 heteroatoms. The highest BCUT2D eigenvalue weighted by Crippen LogP contribution is 2.31. The second kappa shape index (κ2) is 5.59. The molecule has 2 aromatic rings. The lowest BCUT2D eigenvalue weighted by Crippen LogP contribution is -2.17. The minimum Gasteiger partial charge on any atom is -0.406 e. The molecule has 0 aliphatic rings. The van der Waals surface area contributed by atoms with E-state index in [1.54, 1.807) is 30.3 Å². The molecule has 0 fully saturated rings. The molecule has 0 bridgehead atoms. The van der Waals surface area contributed by atoms with Gasteiger partial charge in [0.1, 0.15) is 5.75 Å². The Morgan fingerprint density at radius 3 is 2.40 bits per heavy atom. The highest BCUT2D eigenvalue weighted by atomic mass is 35.5. The van der Waals surface area contributed by atoms with Crippen LogP contribution in [0.5, 0.6) is 5.75 Å². The van der Waals surface area contributed by atoms with Crippen molar-refractivity contribution in [2.45, 2.75) is 6.36 Å². The summed E-state index contributed by atoms with van der Waals surface area (Å²) < 4.78 is 40.9. The van der Waals surface area contributed by atoms with E-state index in [0.717, 1.165) is 0 Å². The second-order valence-corrected chi connectivity index (χ2v) is 4.49. The molecule has 0 saturated carbocycles. The molecule has 0 spiro atoms. The highest BCUT2D eigenvalue weighted by molar-refractivity contribution is 6.30. The topological polar surface area (TPSA) is 9.23 Å². The first kappa shape index (κ1) is 14.5. The number of rotatable bonds is 3. The zero-order valence-corrected chi connectivity index (χ0v) is 11.0. The van der Waals surface area contributed by atoms with E-state index in [0.29, 0.717) is 21.7 Å². The van der Waals surface area contributed by atoms with Crippen molar-refractivity contribution in [2.24, 2.45) is 0 Å². The van der Waals surface area contributed by atoms with Crippen LogP contribution in [-0.2, 0) is 0 Å². The summed E-state index contributed by atoms with van der Waals surface area (Å²) in [5.41, 5.74) is 1.80. The van der Waals surface area contributed by atoms with E-state index in [2.05, 4.69) is 11.3 Å². The first-order valence-electron chi connectivity index (χ1n) is 5.66. The zero-order chi connectivity index (χ0) is 14.8. The van der Waals surface area contributed by atoms with Gasteiger partial charge in [0.2, 0.25) is 0 Å². The van der Waals surface area contributed by atoms with Gasteiger partial charge in [0, 0.05) is 5.02 Å². The number of halogens is 4. The number of hydrogen-bond acceptors (Lipinski definition) is 1. The summed E-state index contributed by atoms with van der Waals surface area (Å²) in [5.74, 6) is -0.287. The lowest BCUT2D eigenvalue weighted by Gasteiger charge is -2.12. The molecule has 0 aliphatic heterocycles. The summed E-state index contributed by atoms with van der Waals surface area (Å²) in [4.78, 5) is 0. The molecule has 104 valence electrons. The molecular formula is C15H10ClF3O. The Morgan fingerprint density at radius 1 is 1.05 bits per heavy atom. The minimum absolute atomic E-state index is 0.287. The van der Waals surface area contributed by atoms with Crippen LogP contribution < -0.4 is 4.74 Å². The van der Waals surface area contributed by atoms with Crippen LogP contribution in [0.3, 0.4) is 0 Å². The van der Waals surface area contributed by atoms with Gasteiger partial charge in [0.25, 0.3) is 0 Å². The molecule has 0 aromatic heterocycles. The highest BCUT2D eigenvalue weighted by Gasteiger charge is 2.31. The monoisotopic (exact) mass is 298 g/mol. The quantitative estimate of drug-likeness (QED) is 0.722. The summed E-state index contributed by atoms with van der Waals surface area (Å²) in [5, 5.41) is 0.504. The maximum Gasteiger partial charge on any atom is 0.573 e. The lowest BCUT2D eigenvalue weighted by molar-refractivity contribution is -0.274. The Balaban J connectivity index is 2.48. The summed E-state index contributed by atoms with van der Waals surface area (Å²) in [6.07, 6.45) is -3.28. The van der Waals surface area contributed by atoms with E-state index in [1.165, 1.54) is 18.2 Å². The smallest absolute Gasteiger partial charge is 0.406 e. The minimum atomic E-state index is -4.73. The Kier molecular flexibility index (Phi) is 4.04. The van der Waals surface area contributed by atoms with Gasteiger partial charge < -0.3 is 4.74 Å². The van der Waals surface area contributed by atoms with Gasteiger partial charge in [-0.25, -0.2) is 0 Å². The van der Waals surface area contributed by atoms with Crippen molar-refractivity contribution in [3.8, 4) is 16.9 Å². The SMILES string of the molecule is C=Cc1cc(OC(F)(F)F)cc(-c2cccc(Cl)c2)c1. The molecule has 0 atom stereocenters. The summed E-state index contributed by atoms with van der Waals surface area (Å²) in [7, 11) is 0. The van der Waals surface area contributed by atoms with Crippen molar-refractivity contribution in [1.82, 2.24) is 0 Å². The largest absolute Gasteiger partial charge is 0.573 e. The van der Waals surface area contributed by atoms with E-state index < -0.39 is 6.36 Å². The predicted octanol–water partition coefficient (Wildman–Crippen LogP) is 5.55. The molecule has 0 unspecified atom stereocenters. The second-order valence-electron chi connectivity index (χ2n) is 4.05. The van der Waals surface area contributed by atoms with Crippen LogP contribution in [0.1, 0.15) is 5.56 Å². The van der Waals surface area contributed by atoms with Gasteiger partial charge in [-0.15, -0.1) is 13.2 Å². The Hall–Kier alpha value is -1.94. The number of benzene rings is 2. The first-order chi connectivity index (χ1) is 9.37. The van der Waals surface area contributed by atoms with Crippen LogP contribution in [0, 0.1) is 0 Å². The maximum absolute atomic E-state index is 12.3. The van der Waals surface area contributed by atoms with Crippen molar-refractivity contribution in [3.05, 3.63) is 59.6 Å². The van der Waals surface area contributed by atoms with E-state index >= 15 is 0 Å². The standard InChI is InChI=1S/C15H10ClF3O/c1-2-10-6-12(11-4-3-5-13(16)8-11)9-14(7-10)20-15(17,18)19/h2-9H,1H2. The zero-order valence-electron chi connectivity index (χ0n) is 10.2. The summed E-state index contributed by atoms with van der Waals surface area (Å²) in [6, 6.07) is 11.1. The number of alkyl halides is 3. The van der Waals surface area contributed by atoms with Crippen LogP contribution in [0.15, 0.2) is 49.0 Å². The fraction of sp³-hybridized carbons (Fsp3) is 0.0667. The summed E-state index contributed by atoms with van der Waals surface area (Å²) in [6.45, 7) is 3.56. The Bertz CT molecular complexity index is 635. The third kappa shape index (κ3) is 3.78. The van der Waals surface area contributed by atoms with E-state index in [9.17, 15) is 13.2 Å². The maximum atomic E-state index is 12.3. The molecule has 0 saturated heterocycles. The van der Waals surface area contributed by atoms with Crippen molar-refractivity contribution >= 4 is 17.7 Å². The average Bonchev–Trinajstić information content (AvgIpc) is 2.36. The summed E-state index contributed by atoms with van der Waals surface area (Å²) >= 11 is 5.88. The van der Waals surface area contributed by atoms with Crippen LogP contribution in [0.25, 0.3) is 17.2 Å². The van der Waals surface area contributed by atoms with Crippen molar-refractivity contribution in [1.29, 1.82) is 0 Å². The lowest BCUT2D eigenvalue weighted by atomic mass is 10.0. The molecule has 2 rings (SSSR count). The van der Waals surface area contributed by atoms with Gasteiger partial charge in [-0.2, -0.15) is 0 Å². The molecule has 20 heavy (non-hydrogen) atoms. The Labute approximate surface area is 119 Å². The van der Waals surface area contributed by atoms with Gasteiger partial charge in [-0.05, 0) is 47.0 Å². The Morgan fingerprint density at radius 2 is 1.80 bits per heavy atom. The molecular weight excluding hydrogens is 289 g/mol. The number of hydrogen-bond donors (Lipinski definition) is 0. The average molecular weight is 299 g/mol. The van der Waals surface area contributed by atoms with Gasteiger partial charge >= 0.3 is 6.36 Å². The first-order valence-corrected chi connectivity index (χ1v) is 6.04. The fourth-order valence-corrected chi connectivity index (χ4v) is 1.96. The van der Waals surface area contributed by atoms with E-state index in [-0.39, 0.29) is 5.75 Å². The van der Waals surface area contributed by atoms with Crippen molar-refractivity contribution in [3.63, 3.8) is 0 Å². The van der Waals surface area contributed by atoms with Crippen molar-refractivity contribution in [2.75, 3.05) is 0 Å². The normalized spacial score (nSPS) is 11.2. The third-order valence-corrected chi connectivity index (χ3v) is 2.79. The van der Waals surface area contributed by atoms with E-state index in [4.69, 9.17) is 11.6 Å². The third-order valence-electron chi connectivity index (χ3n) is 2.56. The molecule has 1 nitrogen and oxygen atoms in total. The van der Waals surface area contributed by atoms with Crippen molar-refractivity contribution < 1.29 is 17.9 Å². The molecule has 0 aliphatic carbocycles. The fourth-order valence-electron chi connectivity index (χ4n) is 1.77. The molecule has 0 N–H and O–H groups in total. The van der Waals surface area contributed by atoms with Gasteiger partial charge in [-0.1, -0.05) is 36.4 Å². The molecule has 2 aromatic carbocycles. The predicted molar refractivity (Wildman–Crippen MR) is 73.7 cm³/mol. The van der Waals surface area contributed by atoms with Crippen LogP contribution in [0.2, 0.25) is 5.02 Å².